The molecule has 5 nitrogen and oxygen atoms in total. The van der Waals surface area contributed by atoms with Crippen molar-refractivity contribution in [3.05, 3.63) is 42.0 Å². The largest absolute Gasteiger partial charge is 0.398 e. The van der Waals surface area contributed by atoms with Crippen LogP contribution in [0.2, 0.25) is 0 Å². The van der Waals surface area contributed by atoms with Crippen molar-refractivity contribution in [2.24, 2.45) is 7.05 Å². The first kappa shape index (κ1) is 12.5. The number of nitrogen functional groups attached to an aromatic ring is 1. The average Bonchev–Trinajstić information content (AvgIpc) is 2.71. The quantitative estimate of drug-likeness (QED) is 0.700. The van der Waals surface area contributed by atoms with Crippen LogP contribution in [0.3, 0.4) is 0 Å². The highest BCUT2D eigenvalue weighted by Gasteiger charge is 2.08. The van der Waals surface area contributed by atoms with E-state index in [1.165, 1.54) is 0 Å². The van der Waals surface area contributed by atoms with E-state index >= 15 is 0 Å². The number of benzene rings is 1. The summed E-state index contributed by atoms with van der Waals surface area (Å²) in [5.74, 6) is 0. The lowest BCUT2D eigenvalue weighted by molar-refractivity contribution is 0.756. The molecule has 0 aliphatic carbocycles. The van der Waals surface area contributed by atoms with Gasteiger partial charge in [-0.3, -0.25) is 9.67 Å². The number of nitrogens with two attached hydrogens (primary N) is 1. The summed E-state index contributed by atoms with van der Waals surface area (Å²) in [5, 5.41) is 9.79. The predicted molar refractivity (Wildman–Crippen MR) is 82.1 cm³/mol. The third-order valence-electron chi connectivity index (χ3n) is 3.35. The van der Waals surface area contributed by atoms with Crippen LogP contribution in [0, 0.1) is 13.8 Å². The van der Waals surface area contributed by atoms with Gasteiger partial charge in [0, 0.05) is 47.3 Å². The Morgan fingerprint density at radius 3 is 2.65 bits per heavy atom. The standard InChI is InChI=1S/C15H17N5/c1-9-6-11-12(7-17-9)13(16)4-5-14(11)18-15-8-20(3)19-10(15)2/h4-8,18H,16H2,1-3H3. The Bertz CT molecular complexity index is 788. The van der Waals surface area contributed by atoms with Gasteiger partial charge >= 0.3 is 0 Å². The van der Waals surface area contributed by atoms with E-state index < -0.39 is 0 Å². The molecule has 0 fully saturated rings. The molecule has 0 spiro atoms. The molecule has 102 valence electrons. The maximum Gasteiger partial charge on any atom is 0.0828 e. The minimum atomic E-state index is 0.737. The highest BCUT2D eigenvalue weighted by Crippen LogP contribution is 2.31. The first-order valence-corrected chi connectivity index (χ1v) is 6.46. The van der Waals surface area contributed by atoms with Crippen molar-refractivity contribution in [3.63, 3.8) is 0 Å². The molecule has 0 radical (unpaired) electrons. The summed E-state index contributed by atoms with van der Waals surface area (Å²) in [4.78, 5) is 4.31. The Hall–Kier alpha value is -2.56. The summed E-state index contributed by atoms with van der Waals surface area (Å²) >= 11 is 0. The molecular weight excluding hydrogens is 250 g/mol. The Morgan fingerprint density at radius 2 is 1.95 bits per heavy atom. The molecule has 5 heteroatoms. The number of nitrogens with zero attached hydrogens (tertiary/aromatic N) is 3. The SMILES string of the molecule is Cc1cc2c(Nc3cn(C)nc3C)ccc(N)c2cn1. The lowest BCUT2D eigenvalue weighted by Crippen LogP contribution is -1.96. The number of pyridine rings is 1. The van der Waals surface area contributed by atoms with Gasteiger partial charge in [0.25, 0.3) is 0 Å². The van der Waals surface area contributed by atoms with Gasteiger partial charge < -0.3 is 11.1 Å². The van der Waals surface area contributed by atoms with Crippen molar-refractivity contribution in [2.75, 3.05) is 11.1 Å². The molecule has 0 atom stereocenters. The van der Waals surface area contributed by atoms with E-state index in [1.54, 1.807) is 4.68 Å². The number of anilines is 3. The monoisotopic (exact) mass is 267 g/mol. The summed E-state index contributed by atoms with van der Waals surface area (Å²) in [6, 6.07) is 5.93. The number of aromatic nitrogens is 3. The van der Waals surface area contributed by atoms with Gasteiger partial charge in [-0.2, -0.15) is 5.10 Å². The van der Waals surface area contributed by atoms with E-state index in [0.717, 1.165) is 39.2 Å². The lowest BCUT2D eigenvalue weighted by Gasteiger charge is -2.11. The third kappa shape index (κ3) is 2.07. The number of aryl methyl sites for hydroxylation is 3. The van der Waals surface area contributed by atoms with Gasteiger partial charge in [-0.15, -0.1) is 0 Å². The van der Waals surface area contributed by atoms with Crippen LogP contribution >= 0.6 is 0 Å². The zero-order chi connectivity index (χ0) is 14.3. The highest BCUT2D eigenvalue weighted by molar-refractivity contribution is 6.01. The fourth-order valence-corrected chi connectivity index (χ4v) is 2.34. The second-order valence-electron chi connectivity index (χ2n) is 5.00. The highest BCUT2D eigenvalue weighted by atomic mass is 15.3. The van der Waals surface area contributed by atoms with Crippen LogP contribution in [0.25, 0.3) is 10.8 Å². The van der Waals surface area contributed by atoms with Crippen LogP contribution in [0.1, 0.15) is 11.4 Å². The van der Waals surface area contributed by atoms with Crippen LogP contribution in [0.4, 0.5) is 17.1 Å². The van der Waals surface area contributed by atoms with Crippen molar-refractivity contribution in [1.82, 2.24) is 14.8 Å². The minimum absolute atomic E-state index is 0.737. The molecule has 3 N–H and O–H groups in total. The van der Waals surface area contributed by atoms with Crippen LogP contribution in [0.5, 0.6) is 0 Å². The van der Waals surface area contributed by atoms with Crippen molar-refractivity contribution >= 4 is 27.8 Å². The van der Waals surface area contributed by atoms with E-state index in [2.05, 4.69) is 15.4 Å². The van der Waals surface area contributed by atoms with Gasteiger partial charge in [-0.25, -0.2) is 0 Å². The second kappa shape index (κ2) is 4.52. The van der Waals surface area contributed by atoms with Crippen molar-refractivity contribution in [3.8, 4) is 0 Å². The Balaban J connectivity index is 2.14. The van der Waals surface area contributed by atoms with Gasteiger partial charge in [0.2, 0.25) is 0 Å². The number of hydrogen-bond donors (Lipinski definition) is 2. The molecule has 2 aromatic heterocycles. The van der Waals surface area contributed by atoms with E-state index in [4.69, 9.17) is 5.73 Å². The van der Waals surface area contributed by atoms with Crippen molar-refractivity contribution in [1.29, 1.82) is 0 Å². The molecule has 1 aromatic carbocycles. The number of rotatable bonds is 2. The number of fused-ring (bicyclic) bond motifs is 1. The van der Waals surface area contributed by atoms with Gasteiger partial charge in [0.1, 0.15) is 0 Å². The van der Waals surface area contributed by atoms with Crippen molar-refractivity contribution in [2.45, 2.75) is 13.8 Å². The molecule has 3 aromatic rings. The van der Waals surface area contributed by atoms with Crippen LogP contribution < -0.4 is 11.1 Å². The first-order chi connectivity index (χ1) is 9.54. The molecule has 0 aliphatic heterocycles. The Labute approximate surface area is 117 Å². The molecule has 0 unspecified atom stereocenters. The van der Waals surface area contributed by atoms with E-state index in [1.807, 2.05) is 51.5 Å². The molecule has 20 heavy (non-hydrogen) atoms. The normalized spacial score (nSPS) is 10.9. The molecular formula is C15H17N5. The smallest absolute Gasteiger partial charge is 0.0828 e. The van der Waals surface area contributed by atoms with Crippen LogP contribution in [0.15, 0.2) is 30.6 Å². The number of nitrogens with one attached hydrogen (secondary N) is 1. The molecule has 0 amide bonds. The summed E-state index contributed by atoms with van der Waals surface area (Å²) < 4.78 is 1.80. The van der Waals surface area contributed by atoms with Crippen LogP contribution in [-0.4, -0.2) is 14.8 Å². The zero-order valence-electron chi connectivity index (χ0n) is 11.8. The van der Waals surface area contributed by atoms with E-state index in [0.29, 0.717) is 0 Å². The maximum absolute atomic E-state index is 6.02. The van der Waals surface area contributed by atoms with Gasteiger partial charge in [-0.1, -0.05) is 0 Å². The minimum Gasteiger partial charge on any atom is -0.398 e. The average molecular weight is 267 g/mol. The molecule has 0 aliphatic rings. The summed E-state index contributed by atoms with van der Waals surface area (Å²) in [6.45, 7) is 3.95. The van der Waals surface area contributed by atoms with Gasteiger partial charge in [0.15, 0.2) is 0 Å². The second-order valence-corrected chi connectivity index (χ2v) is 5.00. The van der Waals surface area contributed by atoms with E-state index in [9.17, 15) is 0 Å². The number of hydrogen-bond acceptors (Lipinski definition) is 4. The maximum atomic E-state index is 6.02. The molecule has 0 saturated heterocycles. The van der Waals surface area contributed by atoms with Crippen LogP contribution in [-0.2, 0) is 7.05 Å². The fourth-order valence-electron chi connectivity index (χ4n) is 2.34. The zero-order valence-corrected chi connectivity index (χ0v) is 11.8. The Morgan fingerprint density at radius 1 is 1.15 bits per heavy atom. The summed E-state index contributed by atoms with van der Waals surface area (Å²) in [5.41, 5.74) is 10.7. The van der Waals surface area contributed by atoms with E-state index in [-0.39, 0.29) is 0 Å². The van der Waals surface area contributed by atoms with Gasteiger partial charge in [-0.05, 0) is 32.0 Å². The molecule has 0 saturated carbocycles. The van der Waals surface area contributed by atoms with Gasteiger partial charge in [0.05, 0.1) is 11.4 Å². The molecule has 3 rings (SSSR count). The molecule has 2 heterocycles. The predicted octanol–water partition coefficient (Wildman–Crippen LogP) is 2.91. The topological polar surface area (TPSA) is 68.8 Å². The summed E-state index contributed by atoms with van der Waals surface area (Å²) in [6.07, 6.45) is 3.78. The Kier molecular flexibility index (Phi) is 2.82. The first-order valence-electron chi connectivity index (χ1n) is 6.46. The fraction of sp³-hybridized carbons (Fsp3) is 0.200. The van der Waals surface area contributed by atoms with Crippen molar-refractivity contribution < 1.29 is 0 Å². The summed E-state index contributed by atoms with van der Waals surface area (Å²) in [7, 11) is 1.91. The lowest BCUT2D eigenvalue weighted by atomic mass is 10.1. The third-order valence-corrected chi connectivity index (χ3v) is 3.35. The molecule has 0 bridgehead atoms.